The number of halogens is 3. The van der Waals surface area contributed by atoms with Crippen LogP contribution in [0.2, 0.25) is 0 Å². The molecule has 0 fully saturated rings. The van der Waals surface area contributed by atoms with Gasteiger partial charge < -0.3 is 5.32 Å². The van der Waals surface area contributed by atoms with Gasteiger partial charge in [0.1, 0.15) is 0 Å². The van der Waals surface area contributed by atoms with Gasteiger partial charge in [-0.1, -0.05) is 35.0 Å². The molecule has 0 aliphatic rings. The SMILES string of the molecule is CC(CBr)C(C)NC(=O)Cc1cccc(F)c1F. The van der Waals surface area contributed by atoms with Crippen molar-refractivity contribution in [2.75, 3.05) is 5.33 Å². The van der Waals surface area contributed by atoms with Gasteiger partial charge in [0.05, 0.1) is 6.42 Å². The van der Waals surface area contributed by atoms with E-state index >= 15 is 0 Å². The molecular formula is C13H16BrF2NO. The first-order chi connectivity index (χ1) is 8.45. The van der Waals surface area contributed by atoms with E-state index in [4.69, 9.17) is 0 Å². The summed E-state index contributed by atoms with van der Waals surface area (Å²) in [5.41, 5.74) is 0.0752. The Morgan fingerprint density at radius 2 is 2.06 bits per heavy atom. The van der Waals surface area contributed by atoms with Gasteiger partial charge in [0.15, 0.2) is 11.6 Å². The Balaban J connectivity index is 2.62. The number of benzene rings is 1. The van der Waals surface area contributed by atoms with Crippen LogP contribution in [0.3, 0.4) is 0 Å². The average molecular weight is 320 g/mol. The number of hydrogen-bond donors (Lipinski definition) is 1. The van der Waals surface area contributed by atoms with Crippen LogP contribution in [0.5, 0.6) is 0 Å². The third-order valence-electron chi connectivity index (χ3n) is 2.87. The van der Waals surface area contributed by atoms with E-state index in [9.17, 15) is 13.6 Å². The van der Waals surface area contributed by atoms with E-state index < -0.39 is 11.6 Å². The van der Waals surface area contributed by atoms with Crippen molar-refractivity contribution in [3.63, 3.8) is 0 Å². The second-order valence-corrected chi connectivity index (χ2v) is 5.02. The first-order valence-corrected chi connectivity index (χ1v) is 6.86. The number of nitrogens with one attached hydrogen (secondary N) is 1. The van der Waals surface area contributed by atoms with Crippen molar-refractivity contribution in [2.45, 2.75) is 26.3 Å². The zero-order valence-corrected chi connectivity index (χ0v) is 11.9. The van der Waals surface area contributed by atoms with Crippen LogP contribution in [0.25, 0.3) is 0 Å². The summed E-state index contributed by atoms with van der Waals surface area (Å²) >= 11 is 3.33. The molecule has 1 aromatic carbocycles. The molecule has 0 aliphatic carbocycles. The number of alkyl halides is 1. The van der Waals surface area contributed by atoms with Crippen LogP contribution in [0.1, 0.15) is 19.4 Å². The Morgan fingerprint density at radius 3 is 2.67 bits per heavy atom. The summed E-state index contributed by atoms with van der Waals surface area (Å²) in [7, 11) is 0. The Morgan fingerprint density at radius 1 is 1.39 bits per heavy atom. The van der Waals surface area contributed by atoms with Crippen LogP contribution in [-0.4, -0.2) is 17.3 Å². The maximum absolute atomic E-state index is 13.4. The molecular weight excluding hydrogens is 304 g/mol. The van der Waals surface area contributed by atoms with Gasteiger partial charge in [-0.3, -0.25) is 4.79 Å². The maximum Gasteiger partial charge on any atom is 0.224 e. The number of carbonyl (C=O) groups excluding carboxylic acids is 1. The molecule has 0 heterocycles. The van der Waals surface area contributed by atoms with Gasteiger partial charge in [-0.25, -0.2) is 8.78 Å². The third kappa shape index (κ3) is 4.05. The molecule has 0 aromatic heterocycles. The number of rotatable bonds is 5. The summed E-state index contributed by atoms with van der Waals surface area (Å²) in [4.78, 5) is 11.7. The van der Waals surface area contributed by atoms with E-state index in [2.05, 4.69) is 21.2 Å². The monoisotopic (exact) mass is 319 g/mol. The summed E-state index contributed by atoms with van der Waals surface area (Å²) in [6.45, 7) is 3.87. The van der Waals surface area contributed by atoms with Crippen LogP contribution in [-0.2, 0) is 11.2 Å². The normalized spacial score (nSPS) is 14.1. The van der Waals surface area contributed by atoms with Gasteiger partial charge in [0.25, 0.3) is 0 Å². The summed E-state index contributed by atoms with van der Waals surface area (Å²) in [6.07, 6.45) is -0.150. The lowest BCUT2D eigenvalue weighted by atomic mass is 10.1. The van der Waals surface area contributed by atoms with Gasteiger partial charge in [0.2, 0.25) is 5.91 Å². The molecule has 2 nitrogen and oxygen atoms in total. The highest BCUT2D eigenvalue weighted by atomic mass is 79.9. The van der Waals surface area contributed by atoms with Crippen LogP contribution < -0.4 is 5.32 Å². The second kappa shape index (κ2) is 6.83. The fraction of sp³-hybridized carbons (Fsp3) is 0.462. The molecule has 0 spiro atoms. The zero-order chi connectivity index (χ0) is 13.7. The third-order valence-corrected chi connectivity index (χ3v) is 3.89. The van der Waals surface area contributed by atoms with Gasteiger partial charge in [0, 0.05) is 16.9 Å². The molecule has 0 aliphatic heterocycles. The molecule has 1 aromatic rings. The van der Waals surface area contributed by atoms with Crippen molar-refractivity contribution >= 4 is 21.8 Å². The van der Waals surface area contributed by atoms with Crippen molar-refractivity contribution in [1.29, 1.82) is 0 Å². The molecule has 0 radical (unpaired) electrons. The summed E-state index contributed by atoms with van der Waals surface area (Å²) in [5.74, 6) is -1.91. The molecule has 2 atom stereocenters. The molecule has 0 bridgehead atoms. The highest BCUT2D eigenvalue weighted by molar-refractivity contribution is 9.09. The molecule has 2 unspecified atom stereocenters. The van der Waals surface area contributed by atoms with Crippen molar-refractivity contribution in [3.8, 4) is 0 Å². The molecule has 1 N–H and O–H groups in total. The lowest BCUT2D eigenvalue weighted by Gasteiger charge is -2.19. The highest BCUT2D eigenvalue weighted by Gasteiger charge is 2.16. The van der Waals surface area contributed by atoms with E-state index in [0.717, 1.165) is 11.4 Å². The first-order valence-electron chi connectivity index (χ1n) is 5.74. The van der Waals surface area contributed by atoms with Gasteiger partial charge in [-0.2, -0.15) is 0 Å². The predicted octanol–water partition coefficient (Wildman–Crippen LogP) is 3.04. The van der Waals surface area contributed by atoms with Crippen LogP contribution in [0, 0.1) is 17.6 Å². The molecule has 0 saturated carbocycles. The van der Waals surface area contributed by atoms with Crippen LogP contribution in [0.15, 0.2) is 18.2 Å². The fourth-order valence-electron chi connectivity index (χ4n) is 1.44. The average Bonchev–Trinajstić information content (AvgIpc) is 2.33. The Labute approximate surface area is 114 Å². The van der Waals surface area contributed by atoms with Crippen LogP contribution >= 0.6 is 15.9 Å². The minimum Gasteiger partial charge on any atom is -0.353 e. The fourth-order valence-corrected chi connectivity index (χ4v) is 2.00. The van der Waals surface area contributed by atoms with E-state index in [0.29, 0.717) is 0 Å². The zero-order valence-electron chi connectivity index (χ0n) is 10.3. The maximum atomic E-state index is 13.4. The first kappa shape index (κ1) is 15.1. The van der Waals surface area contributed by atoms with Gasteiger partial charge in [-0.15, -0.1) is 0 Å². The van der Waals surface area contributed by atoms with E-state index in [1.54, 1.807) is 0 Å². The molecule has 5 heteroatoms. The molecule has 1 rings (SSSR count). The van der Waals surface area contributed by atoms with E-state index in [1.807, 2.05) is 13.8 Å². The van der Waals surface area contributed by atoms with Crippen molar-refractivity contribution in [1.82, 2.24) is 5.32 Å². The predicted molar refractivity (Wildman–Crippen MR) is 70.6 cm³/mol. The minimum atomic E-state index is -0.950. The van der Waals surface area contributed by atoms with Gasteiger partial charge >= 0.3 is 0 Å². The summed E-state index contributed by atoms with van der Waals surface area (Å²) in [6, 6.07) is 3.82. The molecule has 18 heavy (non-hydrogen) atoms. The van der Waals surface area contributed by atoms with Gasteiger partial charge in [-0.05, 0) is 18.9 Å². The number of carbonyl (C=O) groups is 1. The molecule has 1 amide bonds. The van der Waals surface area contributed by atoms with Crippen molar-refractivity contribution in [2.24, 2.45) is 5.92 Å². The topological polar surface area (TPSA) is 29.1 Å². The van der Waals surface area contributed by atoms with E-state index in [-0.39, 0.29) is 29.9 Å². The second-order valence-electron chi connectivity index (χ2n) is 4.38. The minimum absolute atomic E-state index is 0.0199. The number of hydrogen-bond acceptors (Lipinski definition) is 1. The van der Waals surface area contributed by atoms with Crippen LogP contribution in [0.4, 0.5) is 8.78 Å². The highest BCUT2D eigenvalue weighted by Crippen LogP contribution is 2.12. The lowest BCUT2D eigenvalue weighted by Crippen LogP contribution is -2.38. The Bertz CT molecular complexity index is 425. The standard InChI is InChI=1S/C13H16BrF2NO/c1-8(7-14)9(2)17-12(18)6-10-4-3-5-11(15)13(10)16/h3-5,8-9H,6-7H2,1-2H3,(H,17,18). The van der Waals surface area contributed by atoms with Crippen molar-refractivity contribution in [3.05, 3.63) is 35.4 Å². The lowest BCUT2D eigenvalue weighted by molar-refractivity contribution is -0.121. The Hall–Kier alpha value is -0.970. The Kier molecular flexibility index (Phi) is 5.72. The summed E-state index contributed by atoms with van der Waals surface area (Å²) in [5, 5.41) is 3.53. The number of amides is 1. The molecule has 100 valence electrons. The van der Waals surface area contributed by atoms with E-state index in [1.165, 1.54) is 12.1 Å². The summed E-state index contributed by atoms with van der Waals surface area (Å²) < 4.78 is 26.3. The largest absolute Gasteiger partial charge is 0.353 e. The molecule has 0 saturated heterocycles. The van der Waals surface area contributed by atoms with Crippen molar-refractivity contribution < 1.29 is 13.6 Å². The smallest absolute Gasteiger partial charge is 0.224 e. The quantitative estimate of drug-likeness (QED) is 0.830.